The van der Waals surface area contributed by atoms with Crippen molar-refractivity contribution in [1.29, 1.82) is 0 Å². The molecule has 0 bridgehead atoms. The number of rotatable bonds is 0. The predicted octanol–water partition coefficient (Wildman–Crippen LogP) is 1.24. The van der Waals surface area contributed by atoms with Crippen molar-refractivity contribution in [3.63, 3.8) is 0 Å². The fraction of sp³-hybridized carbons (Fsp3) is 0.875. The van der Waals surface area contributed by atoms with Gasteiger partial charge in [-0.25, -0.2) is 0 Å². The third-order valence-corrected chi connectivity index (χ3v) is 3.67. The summed E-state index contributed by atoms with van der Waals surface area (Å²) in [4.78, 5) is 11.4. The summed E-state index contributed by atoms with van der Waals surface area (Å²) in [7, 11) is 0. The van der Waals surface area contributed by atoms with Crippen LogP contribution in [0.2, 0.25) is 0 Å². The molecular formula is C8H12O2S. The van der Waals surface area contributed by atoms with Crippen LogP contribution in [0, 0.1) is 0 Å². The Morgan fingerprint density at radius 3 is 3.00 bits per heavy atom. The molecule has 0 aromatic heterocycles. The SMILES string of the molecule is O=C1CCOC12CCCSC2. The van der Waals surface area contributed by atoms with Crippen LogP contribution in [0.5, 0.6) is 0 Å². The Morgan fingerprint density at radius 2 is 2.45 bits per heavy atom. The van der Waals surface area contributed by atoms with Crippen LogP contribution in [0.3, 0.4) is 0 Å². The van der Waals surface area contributed by atoms with E-state index in [4.69, 9.17) is 4.74 Å². The maximum atomic E-state index is 11.4. The summed E-state index contributed by atoms with van der Waals surface area (Å²) in [5, 5.41) is 0. The second-order valence-electron chi connectivity index (χ2n) is 3.17. The molecule has 0 N–H and O–H groups in total. The molecule has 0 aromatic carbocycles. The van der Waals surface area contributed by atoms with E-state index in [0.29, 0.717) is 18.8 Å². The quantitative estimate of drug-likeness (QED) is 0.550. The van der Waals surface area contributed by atoms with Crippen molar-refractivity contribution >= 4 is 17.5 Å². The van der Waals surface area contributed by atoms with Gasteiger partial charge in [-0.05, 0) is 18.6 Å². The van der Waals surface area contributed by atoms with E-state index in [9.17, 15) is 4.79 Å². The highest BCUT2D eigenvalue weighted by Gasteiger charge is 2.44. The molecule has 2 saturated heterocycles. The van der Waals surface area contributed by atoms with E-state index in [1.54, 1.807) is 0 Å². The molecule has 2 nitrogen and oxygen atoms in total. The first kappa shape index (κ1) is 7.62. The molecular weight excluding hydrogens is 160 g/mol. The standard InChI is InChI=1S/C8H12O2S/c9-7-2-4-10-8(7)3-1-5-11-6-8/h1-6H2. The molecule has 0 saturated carbocycles. The van der Waals surface area contributed by atoms with Crippen molar-refractivity contribution in [3.05, 3.63) is 0 Å². The van der Waals surface area contributed by atoms with Gasteiger partial charge < -0.3 is 4.74 Å². The van der Waals surface area contributed by atoms with E-state index in [-0.39, 0.29) is 5.60 Å². The monoisotopic (exact) mass is 172 g/mol. The molecule has 0 radical (unpaired) electrons. The summed E-state index contributed by atoms with van der Waals surface area (Å²) < 4.78 is 5.52. The van der Waals surface area contributed by atoms with E-state index < -0.39 is 0 Å². The van der Waals surface area contributed by atoms with Crippen molar-refractivity contribution in [1.82, 2.24) is 0 Å². The van der Waals surface area contributed by atoms with E-state index >= 15 is 0 Å². The van der Waals surface area contributed by atoms with Crippen LogP contribution < -0.4 is 0 Å². The number of hydrogen-bond donors (Lipinski definition) is 0. The van der Waals surface area contributed by atoms with E-state index in [2.05, 4.69) is 0 Å². The second kappa shape index (κ2) is 2.79. The predicted molar refractivity (Wildman–Crippen MR) is 44.9 cm³/mol. The molecule has 2 aliphatic heterocycles. The summed E-state index contributed by atoms with van der Waals surface area (Å²) in [6.45, 7) is 0.652. The Morgan fingerprint density at radius 1 is 1.55 bits per heavy atom. The first-order valence-corrected chi connectivity index (χ1v) is 5.24. The van der Waals surface area contributed by atoms with Crippen LogP contribution in [0.1, 0.15) is 19.3 Å². The van der Waals surface area contributed by atoms with Crippen LogP contribution in [0.4, 0.5) is 0 Å². The highest BCUT2D eigenvalue weighted by molar-refractivity contribution is 7.99. The lowest BCUT2D eigenvalue weighted by Gasteiger charge is -2.29. The average Bonchev–Trinajstić information content (AvgIpc) is 2.36. The number of carbonyl (C=O) groups is 1. The van der Waals surface area contributed by atoms with Crippen LogP contribution in [-0.2, 0) is 9.53 Å². The zero-order chi connectivity index (χ0) is 7.73. The van der Waals surface area contributed by atoms with Gasteiger partial charge in [0.05, 0.1) is 6.61 Å². The molecule has 1 spiro atoms. The summed E-state index contributed by atoms with van der Waals surface area (Å²) in [5.41, 5.74) is -0.344. The van der Waals surface area contributed by atoms with Gasteiger partial charge in [0.2, 0.25) is 0 Å². The number of ketones is 1. The summed E-state index contributed by atoms with van der Waals surface area (Å²) in [6.07, 6.45) is 2.73. The van der Waals surface area contributed by atoms with Gasteiger partial charge in [-0.2, -0.15) is 11.8 Å². The molecule has 0 aromatic rings. The molecule has 1 atom stereocenters. The van der Waals surface area contributed by atoms with Crippen molar-refractivity contribution in [2.45, 2.75) is 24.9 Å². The molecule has 0 aliphatic carbocycles. The number of Topliss-reactive ketones (excluding diaryl/α,β-unsaturated/α-hetero) is 1. The average molecular weight is 172 g/mol. The minimum Gasteiger partial charge on any atom is -0.366 e. The van der Waals surface area contributed by atoms with Gasteiger partial charge in [0.15, 0.2) is 5.78 Å². The summed E-state index contributed by atoms with van der Waals surface area (Å²) in [6, 6.07) is 0. The zero-order valence-corrected chi connectivity index (χ0v) is 7.28. The minimum absolute atomic E-state index is 0.338. The lowest BCUT2D eigenvalue weighted by molar-refractivity contribution is -0.130. The van der Waals surface area contributed by atoms with Crippen molar-refractivity contribution in [2.24, 2.45) is 0 Å². The topological polar surface area (TPSA) is 26.3 Å². The Labute approximate surface area is 70.7 Å². The Kier molecular flexibility index (Phi) is 1.93. The van der Waals surface area contributed by atoms with Crippen molar-refractivity contribution < 1.29 is 9.53 Å². The van der Waals surface area contributed by atoms with Crippen LogP contribution >= 0.6 is 11.8 Å². The minimum atomic E-state index is -0.344. The number of hydrogen-bond acceptors (Lipinski definition) is 3. The summed E-state index contributed by atoms with van der Waals surface area (Å²) in [5.74, 6) is 2.43. The number of carbonyl (C=O) groups excluding carboxylic acids is 1. The molecule has 3 heteroatoms. The third-order valence-electron chi connectivity index (χ3n) is 2.42. The highest BCUT2D eigenvalue weighted by Crippen LogP contribution is 2.35. The Balaban J connectivity index is 2.12. The Bertz CT molecular complexity index is 173. The normalized spacial score (nSPS) is 38.4. The smallest absolute Gasteiger partial charge is 0.167 e. The maximum absolute atomic E-state index is 11.4. The van der Waals surface area contributed by atoms with E-state index in [0.717, 1.165) is 18.6 Å². The molecule has 2 aliphatic rings. The molecule has 62 valence electrons. The maximum Gasteiger partial charge on any atom is 0.167 e. The molecule has 2 heterocycles. The molecule has 1 unspecified atom stereocenters. The Hall–Kier alpha value is -0.0200. The van der Waals surface area contributed by atoms with Crippen molar-refractivity contribution in [2.75, 3.05) is 18.1 Å². The highest BCUT2D eigenvalue weighted by atomic mass is 32.2. The van der Waals surface area contributed by atoms with Gasteiger partial charge in [0.1, 0.15) is 5.60 Å². The van der Waals surface area contributed by atoms with E-state index in [1.165, 1.54) is 5.75 Å². The van der Waals surface area contributed by atoms with E-state index in [1.807, 2.05) is 11.8 Å². The zero-order valence-electron chi connectivity index (χ0n) is 6.47. The molecule has 2 rings (SSSR count). The second-order valence-corrected chi connectivity index (χ2v) is 4.28. The fourth-order valence-corrected chi connectivity index (χ4v) is 2.96. The lowest BCUT2D eigenvalue weighted by Crippen LogP contribution is -2.40. The molecule has 11 heavy (non-hydrogen) atoms. The summed E-state index contributed by atoms with van der Waals surface area (Å²) >= 11 is 1.85. The number of ether oxygens (including phenoxy) is 1. The number of thioether (sulfide) groups is 1. The van der Waals surface area contributed by atoms with Gasteiger partial charge in [-0.1, -0.05) is 0 Å². The largest absolute Gasteiger partial charge is 0.366 e. The van der Waals surface area contributed by atoms with Gasteiger partial charge in [-0.15, -0.1) is 0 Å². The van der Waals surface area contributed by atoms with Gasteiger partial charge in [-0.3, -0.25) is 4.79 Å². The molecule has 2 fully saturated rings. The first-order chi connectivity index (χ1) is 5.33. The van der Waals surface area contributed by atoms with Crippen LogP contribution in [-0.4, -0.2) is 29.5 Å². The third kappa shape index (κ3) is 1.20. The van der Waals surface area contributed by atoms with Gasteiger partial charge in [0, 0.05) is 12.2 Å². The molecule has 0 amide bonds. The van der Waals surface area contributed by atoms with Crippen LogP contribution in [0.15, 0.2) is 0 Å². The van der Waals surface area contributed by atoms with Crippen molar-refractivity contribution in [3.8, 4) is 0 Å². The lowest BCUT2D eigenvalue weighted by atomic mass is 9.95. The van der Waals surface area contributed by atoms with Gasteiger partial charge in [0.25, 0.3) is 0 Å². The fourth-order valence-electron chi connectivity index (χ4n) is 1.75. The van der Waals surface area contributed by atoms with Gasteiger partial charge >= 0.3 is 0 Å². The van der Waals surface area contributed by atoms with Crippen LogP contribution in [0.25, 0.3) is 0 Å². The first-order valence-electron chi connectivity index (χ1n) is 4.08.